The molecule has 1 aromatic heterocycles. The second-order valence-corrected chi connectivity index (χ2v) is 5.49. The van der Waals surface area contributed by atoms with E-state index in [1.54, 1.807) is 6.20 Å². The Morgan fingerprint density at radius 2 is 2.44 bits per heavy atom. The van der Waals surface area contributed by atoms with Crippen molar-refractivity contribution in [1.29, 1.82) is 0 Å². The van der Waals surface area contributed by atoms with Crippen LogP contribution in [0.2, 0.25) is 0 Å². The molecule has 2 atom stereocenters. The van der Waals surface area contributed by atoms with E-state index >= 15 is 0 Å². The molecule has 2 aliphatic rings. The summed E-state index contributed by atoms with van der Waals surface area (Å²) in [6.07, 6.45) is 4.49. The Bertz CT molecular complexity index is 470. The third kappa shape index (κ3) is 2.25. The molecule has 1 aromatic rings. The highest BCUT2D eigenvalue weighted by Crippen LogP contribution is 2.23. The topological polar surface area (TPSA) is 53.4 Å². The average molecular weight is 269 g/mol. The molecule has 2 saturated heterocycles. The monoisotopic (exact) mass is 269 g/mol. The maximum Gasteiger partial charge on any atom is 0.177 e. The number of morpholine rings is 1. The molecule has 0 bridgehead atoms. The van der Waals surface area contributed by atoms with Gasteiger partial charge in [0.2, 0.25) is 0 Å². The lowest BCUT2D eigenvalue weighted by atomic mass is 10.2. The first-order valence-electron chi connectivity index (χ1n) is 6.51. The van der Waals surface area contributed by atoms with Gasteiger partial charge < -0.3 is 19.4 Å². The van der Waals surface area contributed by atoms with Gasteiger partial charge in [-0.3, -0.25) is 4.90 Å². The van der Waals surface area contributed by atoms with Gasteiger partial charge in [0.05, 0.1) is 31.6 Å². The van der Waals surface area contributed by atoms with Gasteiger partial charge in [0, 0.05) is 18.8 Å². The van der Waals surface area contributed by atoms with Crippen LogP contribution in [0.1, 0.15) is 18.5 Å². The Kier molecular flexibility index (Phi) is 3.52. The van der Waals surface area contributed by atoms with Gasteiger partial charge in [-0.2, -0.15) is 0 Å². The predicted octanol–water partition coefficient (Wildman–Crippen LogP) is 0.901. The summed E-state index contributed by atoms with van der Waals surface area (Å²) in [5.74, 6) is 0. The smallest absolute Gasteiger partial charge is 0.177 e. The highest BCUT2D eigenvalue weighted by Gasteiger charge is 2.32. The number of hydrogen-bond acceptors (Lipinski definition) is 4. The van der Waals surface area contributed by atoms with Crippen LogP contribution in [0.25, 0.3) is 0 Å². The number of rotatable bonds is 3. The highest BCUT2D eigenvalue weighted by atomic mass is 32.1. The normalized spacial score (nSPS) is 28.5. The number of ether oxygens (including phenoxy) is 1. The number of aromatic amines is 1. The zero-order valence-electron chi connectivity index (χ0n) is 10.3. The molecular weight excluding hydrogens is 250 g/mol. The van der Waals surface area contributed by atoms with Crippen molar-refractivity contribution in [3.8, 4) is 0 Å². The molecule has 18 heavy (non-hydrogen) atoms. The number of nitrogens with one attached hydrogen (secondary N) is 1. The van der Waals surface area contributed by atoms with Gasteiger partial charge in [-0.1, -0.05) is 0 Å². The summed E-state index contributed by atoms with van der Waals surface area (Å²) in [5.41, 5.74) is 0.826. The summed E-state index contributed by atoms with van der Waals surface area (Å²) in [7, 11) is 0. The first kappa shape index (κ1) is 12.3. The van der Waals surface area contributed by atoms with Crippen molar-refractivity contribution in [3.63, 3.8) is 0 Å². The van der Waals surface area contributed by atoms with Crippen molar-refractivity contribution < 1.29 is 9.84 Å². The van der Waals surface area contributed by atoms with Crippen molar-refractivity contribution in [2.75, 3.05) is 19.7 Å². The minimum absolute atomic E-state index is 0.00615. The van der Waals surface area contributed by atoms with E-state index in [1.165, 1.54) is 19.4 Å². The van der Waals surface area contributed by atoms with Gasteiger partial charge in [-0.25, -0.2) is 0 Å². The molecule has 6 heteroatoms. The van der Waals surface area contributed by atoms with E-state index in [0.717, 1.165) is 25.4 Å². The van der Waals surface area contributed by atoms with E-state index in [0.29, 0.717) is 10.8 Å². The maximum atomic E-state index is 9.27. The Balaban J connectivity index is 1.69. The zero-order valence-corrected chi connectivity index (χ0v) is 11.2. The highest BCUT2D eigenvalue weighted by molar-refractivity contribution is 7.71. The average Bonchev–Trinajstić information content (AvgIpc) is 2.97. The van der Waals surface area contributed by atoms with Gasteiger partial charge in [0.25, 0.3) is 0 Å². The van der Waals surface area contributed by atoms with Crippen LogP contribution in [0.15, 0.2) is 6.20 Å². The van der Waals surface area contributed by atoms with Gasteiger partial charge >= 0.3 is 0 Å². The molecule has 5 nitrogen and oxygen atoms in total. The molecule has 0 saturated carbocycles. The third-order valence-corrected chi connectivity index (χ3v) is 4.30. The molecule has 0 aliphatic carbocycles. The lowest BCUT2D eigenvalue weighted by Crippen LogP contribution is -2.47. The number of imidazole rings is 1. The molecule has 100 valence electrons. The van der Waals surface area contributed by atoms with E-state index in [4.69, 9.17) is 17.0 Å². The van der Waals surface area contributed by atoms with E-state index in [2.05, 4.69) is 9.88 Å². The molecule has 0 spiro atoms. The van der Waals surface area contributed by atoms with Crippen LogP contribution >= 0.6 is 12.2 Å². The van der Waals surface area contributed by atoms with Crippen LogP contribution in [0.3, 0.4) is 0 Å². The van der Waals surface area contributed by atoms with Crippen LogP contribution in [0.5, 0.6) is 0 Å². The summed E-state index contributed by atoms with van der Waals surface area (Å²) < 4.78 is 8.51. The molecule has 3 rings (SSSR count). The molecule has 2 fully saturated rings. The van der Waals surface area contributed by atoms with Crippen LogP contribution in [-0.4, -0.2) is 51.4 Å². The number of aliphatic hydroxyl groups is 1. The summed E-state index contributed by atoms with van der Waals surface area (Å²) >= 11 is 5.23. The summed E-state index contributed by atoms with van der Waals surface area (Å²) in [4.78, 5) is 5.49. The van der Waals surface area contributed by atoms with Crippen molar-refractivity contribution in [2.24, 2.45) is 0 Å². The standard InChI is InChI=1S/C12H19N3O2S/c16-7-10-4-13-12(18)15(10)6-11-5-14-3-1-2-9(14)8-17-11/h4,9,11,16H,1-3,5-8H2,(H,13,18). The number of hydrogen-bond donors (Lipinski definition) is 2. The molecule has 2 N–H and O–H groups in total. The Morgan fingerprint density at radius 1 is 1.56 bits per heavy atom. The molecule has 2 unspecified atom stereocenters. The molecule has 3 heterocycles. The number of aromatic nitrogens is 2. The largest absolute Gasteiger partial charge is 0.390 e. The second-order valence-electron chi connectivity index (χ2n) is 5.10. The van der Waals surface area contributed by atoms with Gasteiger partial charge in [-0.05, 0) is 31.6 Å². The maximum absolute atomic E-state index is 9.27. The van der Waals surface area contributed by atoms with Crippen molar-refractivity contribution in [1.82, 2.24) is 14.5 Å². The lowest BCUT2D eigenvalue weighted by Gasteiger charge is -2.35. The minimum atomic E-state index is 0.00615. The number of H-pyrrole nitrogens is 1. The second kappa shape index (κ2) is 5.13. The predicted molar refractivity (Wildman–Crippen MR) is 69.9 cm³/mol. The van der Waals surface area contributed by atoms with Crippen LogP contribution in [0.4, 0.5) is 0 Å². The van der Waals surface area contributed by atoms with Gasteiger partial charge in [0.1, 0.15) is 0 Å². The fraction of sp³-hybridized carbons (Fsp3) is 0.750. The van der Waals surface area contributed by atoms with Crippen molar-refractivity contribution in [2.45, 2.75) is 38.1 Å². The lowest BCUT2D eigenvalue weighted by molar-refractivity contribution is -0.0557. The van der Waals surface area contributed by atoms with E-state index in [1.807, 2.05) is 4.57 Å². The molecular formula is C12H19N3O2S. The fourth-order valence-electron chi connectivity index (χ4n) is 2.96. The number of aliphatic hydroxyl groups excluding tert-OH is 1. The van der Waals surface area contributed by atoms with E-state index < -0.39 is 0 Å². The Hall–Kier alpha value is -0.690. The molecule has 0 aromatic carbocycles. The first-order chi connectivity index (χ1) is 8.78. The summed E-state index contributed by atoms with van der Waals surface area (Å²) in [6, 6.07) is 0.623. The van der Waals surface area contributed by atoms with Crippen LogP contribution in [-0.2, 0) is 17.9 Å². The van der Waals surface area contributed by atoms with Crippen LogP contribution in [0, 0.1) is 4.77 Å². The van der Waals surface area contributed by atoms with Gasteiger partial charge in [-0.15, -0.1) is 0 Å². The molecule has 2 aliphatic heterocycles. The minimum Gasteiger partial charge on any atom is -0.390 e. The Morgan fingerprint density at radius 3 is 3.28 bits per heavy atom. The quantitative estimate of drug-likeness (QED) is 0.801. The zero-order chi connectivity index (χ0) is 12.5. The van der Waals surface area contributed by atoms with E-state index in [9.17, 15) is 5.11 Å². The first-order valence-corrected chi connectivity index (χ1v) is 6.92. The van der Waals surface area contributed by atoms with Crippen LogP contribution < -0.4 is 0 Å². The number of fused-ring (bicyclic) bond motifs is 1. The van der Waals surface area contributed by atoms with Crippen molar-refractivity contribution in [3.05, 3.63) is 16.7 Å². The fourth-order valence-corrected chi connectivity index (χ4v) is 3.21. The Labute approximate surface area is 111 Å². The van der Waals surface area contributed by atoms with Crippen molar-refractivity contribution >= 4 is 12.2 Å². The molecule has 0 radical (unpaired) electrons. The number of nitrogens with zero attached hydrogens (tertiary/aromatic N) is 2. The third-order valence-electron chi connectivity index (χ3n) is 3.96. The summed E-state index contributed by atoms with van der Waals surface area (Å²) in [6.45, 7) is 3.73. The molecule has 0 amide bonds. The SMILES string of the molecule is OCc1c[nH]c(=S)n1CC1CN2CCCC2CO1. The van der Waals surface area contributed by atoms with E-state index in [-0.39, 0.29) is 12.7 Å². The summed E-state index contributed by atoms with van der Waals surface area (Å²) in [5, 5.41) is 9.27. The van der Waals surface area contributed by atoms with Gasteiger partial charge in [0.15, 0.2) is 4.77 Å².